The molecule has 3 rings (SSSR count). The van der Waals surface area contributed by atoms with Crippen molar-refractivity contribution < 1.29 is 17.9 Å². The predicted molar refractivity (Wildman–Crippen MR) is 128 cm³/mol. The molecule has 0 spiro atoms. The molecule has 0 saturated carbocycles. The lowest BCUT2D eigenvalue weighted by molar-refractivity contribution is 0.0940. The third kappa shape index (κ3) is 6.02. The molecule has 0 aliphatic rings. The average Bonchev–Trinajstić information content (AvgIpc) is 2.77. The Hall–Kier alpha value is -3.03. The van der Waals surface area contributed by atoms with Crippen LogP contribution in [0.1, 0.15) is 34.5 Å². The monoisotopic (exact) mass is 472 g/mol. The van der Waals surface area contributed by atoms with Gasteiger partial charge < -0.3 is 10.1 Å². The number of carbonyl (C=O) groups excluding carboxylic acids is 1. The van der Waals surface area contributed by atoms with Crippen LogP contribution in [0.4, 0.5) is 5.69 Å². The van der Waals surface area contributed by atoms with Crippen molar-refractivity contribution >= 4 is 33.2 Å². The molecular formula is C24H25ClN2O4S. The van der Waals surface area contributed by atoms with Crippen LogP contribution in [0.5, 0.6) is 5.75 Å². The van der Waals surface area contributed by atoms with Crippen molar-refractivity contribution in [3.63, 3.8) is 0 Å². The van der Waals surface area contributed by atoms with Gasteiger partial charge in [-0.2, -0.15) is 0 Å². The summed E-state index contributed by atoms with van der Waals surface area (Å²) >= 11 is 6.03. The fourth-order valence-electron chi connectivity index (χ4n) is 3.21. The number of anilines is 1. The zero-order valence-corrected chi connectivity index (χ0v) is 19.7. The summed E-state index contributed by atoms with van der Waals surface area (Å²) in [5.41, 5.74) is 2.68. The number of carbonyl (C=O) groups is 1. The fraction of sp³-hybridized carbons (Fsp3) is 0.208. The van der Waals surface area contributed by atoms with E-state index in [4.69, 9.17) is 16.3 Å². The van der Waals surface area contributed by atoms with Crippen LogP contribution in [0.2, 0.25) is 5.02 Å². The van der Waals surface area contributed by atoms with Gasteiger partial charge in [-0.05, 0) is 60.5 Å². The SMILES string of the molecule is COc1ccc(C(C)NC(=O)c2ccc(CN(c3cccc(Cl)c3)S(C)(=O)=O)cc2)cc1. The topological polar surface area (TPSA) is 75.7 Å². The largest absolute Gasteiger partial charge is 0.497 e. The highest BCUT2D eigenvalue weighted by Crippen LogP contribution is 2.24. The normalized spacial score (nSPS) is 12.1. The lowest BCUT2D eigenvalue weighted by Crippen LogP contribution is -2.29. The van der Waals surface area contributed by atoms with Crippen LogP contribution in [-0.2, 0) is 16.6 Å². The minimum Gasteiger partial charge on any atom is -0.497 e. The van der Waals surface area contributed by atoms with Crippen molar-refractivity contribution in [3.05, 3.63) is 94.5 Å². The van der Waals surface area contributed by atoms with Gasteiger partial charge >= 0.3 is 0 Å². The Bertz CT molecular complexity index is 1180. The molecule has 8 heteroatoms. The number of rotatable bonds is 8. The third-order valence-electron chi connectivity index (χ3n) is 5.00. The molecule has 0 radical (unpaired) electrons. The minimum atomic E-state index is -3.52. The van der Waals surface area contributed by atoms with E-state index in [1.165, 1.54) is 4.31 Å². The summed E-state index contributed by atoms with van der Waals surface area (Å²) in [4.78, 5) is 12.6. The van der Waals surface area contributed by atoms with Gasteiger partial charge in [-0.1, -0.05) is 41.9 Å². The number of sulfonamides is 1. The quantitative estimate of drug-likeness (QED) is 0.510. The number of hydrogen-bond acceptors (Lipinski definition) is 4. The molecule has 1 atom stereocenters. The Morgan fingerprint density at radius 3 is 2.28 bits per heavy atom. The second kappa shape index (κ2) is 10.1. The Labute approximate surface area is 193 Å². The van der Waals surface area contributed by atoms with Gasteiger partial charge in [0.25, 0.3) is 5.91 Å². The first-order valence-electron chi connectivity index (χ1n) is 9.94. The molecule has 1 unspecified atom stereocenters. The number of nitrogens with one attached hydrogen (secondary N) is 1. The van der Waals surface area contributed by atoms with Crippen LogP contribution in [-0.4, -0.2) is 27.7 Å². The second-order valence-corrected chi connectivity index (χ2v) is 9.76. The van der Waals surface area contributed by atoms with Gasteiger partial charge in [-0.15, -0.1) is 0 Å². The molecular weight excluding hydrogens is 448 g/mol. The van der Waals surface area contributed by atoms with Crippen molar-refractivity contribution in [1.82, 2.24) is 5.32 Å². The average molecular weight is 473 g/mol. The predicted octanol–water partition coefficient (Wildman–Crippen LogP) is 4.81. The van der Waals surface area contributed by atoms with Gasteiger partial charge in [-0.25, -0.2) is 8.42 Å². The Kier molecular flexibility index (Phi) is 7.43. The second-order valence-electron chi connectivity index (χ2n) is 7.41. The molecule has 3 aromatic carbocycles. The van der Waals surface area contributed by atoms with Crippen molar-refractivity contribution in [3.8, 4) is 5.75 Å². The molecule has 3 aromatic rings. The minimum absolute atomic E-state index is 0.128. The Balaban J connectivity index is 1.71. The van der Waals surface area contributed by atoms with E-state index in [2.05, 4.69) is 5.32 Å². The first kappa shape index (κ1) is 23.6. The van der Waals surface area contributed by atoms with E-state index in [0.717, 1.165) is 23.1 Å². The van der Waals surface area contributed by atoms with Gasteiger partial charge in [-0.3, -0.25) is 9.10 Å². The maximum absolute atomic E-state index is 12.6. The van der Waals surface area contributed by atoms with E-state index in [9.17, 15) is 13.2 Å². The molecule has 0 bridgehead atoms. The number of benzene rings is 3. The van der Waals surface area contributed by atoms with Gasteiger partial charge in [0, 0.05) is 10.6 Å². The van der Waals surface area contributed by atoms with Crippen molar-refractivity contribution in [2.75, 3.05) is 17.7 Å². The van der Waals surface area contributed by atoms with Gasteiger partial charge in [0.05, 0.1) is 31.6 Å². The van der Waals surface area contributed by atoms with Crippen LogP contribution in [0.3, 0.4) is 0 Å². The molecule has 168 valence electrons. The molecule has 0 saturated heterocycles. The maximum Gasteiger partial charge on any atom is 0.251 e. The summed E-state index contributed by atoms with van der Waals surface area (Å²) in [6, 6.07) is 20.9. The van der Waals surface area contributed by atoms with Gasteiger partial charge in [0.2, 0.25) is 10.0 Å². The molecule has 0 aliphatic heterocycles. The number of halogens is 1. The number of hydrogen-bond donors (Lipinski definition) is 1. The molecule has 1 amide bonds. The van der Waals surface area contributed by atoms with Gasteiger partial charge in [0.15, 0.2) is 0 Å². The molecule has 0 heterocycles. The maximum atomic E-state index is 12.6. The van der Waals surface area contributed by atoms with Crippen molar-refractivity contribution in [1.29, 1.82) is 0 Å². The van der Waals surface area contributed by atoms with E-state index in [-0.39, 0.29) is 18.5 Å². The highest BCUT2D eigenvalue weighted by atomic mass is 35.5. The summed E-state index contributed by atoms with van der Waals surface area (Å²) in [5.74, 6) is 0.540. The molecule has 32 heavy (non-hydrogen) atoms. The smallest absolute Gasteiger partial charge is 0.251 e. The molecule has 0 aliphatic carbocycles. The standard InChI is InChI=1S/C24H25ClN2O4S/c1-17(19-11-13-23(31-2)14-12-19)26-24(28)20-9-7-18(8-10-20)16-27(32(3,29)30)22-6-4-5-21(25)15-22/h4-15,17H,16H2,1-3H3,(H,26,28). The summed E-state index contributed by atoms with van der Waals surface area (Å²) in [6.45, 7) is 2.03. The molecule has 0 aromatic heterocycles. The van der Waals surface area contributed by atoms with Crippen LogP contribution in [0, 0.1) is 0 Å². The van der Waals surface area contributed by atoms with Crippen LogP contribution >= 0.6 is 11.6 Å². The van der Waals surface area contributed by atoms with Crippen LogP contribution < -0.4 is 14.4 Å². The number of ether oxygens (including phenoxy) is 1. The third-order valence-corrected chi connectivity index (χ3v) is 6.38. The van der Waals surface area contributed by atoms with E-state index < -0.39 is 10.0 Å². The fourth-order valence-corrected chi connectivity index (χ4v) is 4.28. The van der Waals surface area contributed by atoms with E-state index in [1.54, 1.807) is 55.6 Å². The molecule has 6 nitrogen and oxygen atoms in total. The highest BCUT2D eigenvalue weighted by Gasteiger charge is 2.19. The summed E-state index contributed by atoms with van der Waals surface area (Å²) in [6.07, 6.45) is 1.15. The lowest BCUT2D eigenvalue weighted by atomic mass is 10.1. The first-order chi connectivity index (χ1) is 15.2. The highest BCUT2D eigenvalue weighted by molar-refractivity contribution is 7.92. The molecule has 0 fully saturated rings. The Morgan fingerprint density at radius 2 is 1.72 bits per heavy atom. The number of amides is 1. The first-order valence-corrected chi connectivity index (χ1v) is 12.2. The zero-order valence-electron chi connectivity index (χ0n) is 18.1. The summed E-state index contributed by atoms with van der Waals surface area (Å²) in [5, 5.41) is 3.42. The lowest BCUT2D eigenvalue weighted by Gasteiger charge is -2.23. The Morgan fingerprint density at radius 1 is 1.06 bits per heavy atom. The zero-order chi connectivity index (χ0) is 23.3. The van der Waals surface area contributed by atoms with Crippen LogP contribution in [0.25, 0.3) is 0 Å². The summed E-state index contributed by atoms with van der Waals surface area (Å²) in [7, 11) is -1.92. The van der Waals surface area contributed by atoms with Crippen molar-refractivity contribution in [2.24, 2.45) is 0 Å². The van der Waals surface area contributed by atoms with Crippen molar-refractivity contribution in [2.45, 2.75) is 19.5 Å². The number of methoxy groups -OCH3 is 1. The summed E-state index contributed by atoms with van der Waals surface area (Å²) < 4.78 is 31.1. The number of nitrogens with zero attached hydrogens (tertiary/aromatic N) is 1. The van der Waals surface area contributed by atoms with Crippen LogP contribution in [0.15, 0.2) is 72.8 Å². The van der Waals surface area contributed by atoms with E-state index >= 15 is 0 Å². The van der Waals surface area contributed by atoms with Gasteiger partial charge in [0.1, 0.15) is 5.75 Å². The molecule has 1 N–H and O–H groups in total. The van der Waals surface area contributed by atoms with E-state index in [1.807, 2.05) is 31.2 Å². The van der Waals surface area contributed by atoms with E-state index in [0.29, 0.717) is 16.3 Å².